The Bertz CT molecular complexity index is 1220. The van der Waals surface area contributed by atoms with Gasteiger partial charge in [0.05, 0.1) is 16.8 Å². The van der Waals surface area contributed by atoms with Crippen LogP contribution in [0.4, 0.5) is 0 Å². The number of aromatic nitrogens is 2. The number of H-pyrrole nitrogens is 1. The van der Waals surface area contributed by atoms with Crippen molar-refractivity contribution in [3.8, 4) is 16.9 Å². The molecule has 0 aliphatic carbocycles. The monoisotopic (exact) mass is 453 g/mol. The van der Waals surface area contributed by atoms with Gasteiger partial charge in [0.15, 0.2) is 0 Å². The molecule has 0 radical (unpaired) electrons. The largest absolute Gasteiger partial charge is 0.507 e. The first kappa shape index (κ1) is 21.2. The molecule has 0 aliphatic rings. The third-order valence-corrected chi connectivity index (χ3v) is 5.55. The van der Waals surface area contributed by atoms with E-state index in [1.54, 1.807) is 24.3 Å². The summed E-state index contributed by atoms with van der Waals surface area (Å²) in [7, 11) is 0. The van der Waals surface area contributed by atoms with Gasteiger partial charge in [-0.3, -0.25) is 9.89 Å². The van der Waals surface area contributed by atoms with Crippen LogP contribution in [0, 0.1) is 0 Å². The van der Waals surface area contributed by atoms with Gasteiger partial charge in [-0.25, -0.2) is 0 Å². The number of rotatable bonds is 7. The maximum Gasteiger partial charge on any atom is 0.255 e. The molecule has 31 heavy (non-hydrogen) atoms. The van der Waals surface area contributed by atoms with E-state index in [4.69, 9.17) is 23.2 Å². The molecule has 0 unspecified atom stereocenters. The topological polar surface area (TPSA) is 78.0 Å². The number of fused-ring (bicyclic) bond motifs is 1. The van der Waals surface area contributed by atoms with Crippen molar-refractivity contribution >= 4 is 40.0 Å². The molecule has 1 amide bonds. The Hall–Kier alpha value is -3.02. The quantitative estimate of drug-likeness (QED) is 0.300. The summed E-state index contributed by atoms with van der Waals surface area (Å²) in [6, 6.07) is 18.1. The lowest BCUT2D eigenvalue weighted by Crippen LogP contribution is -2.24. The molecule has 4 rings (SSSR count). The van der Waals surface area contributed by atoms with E-state index in [9.17, 15) is 9.90 Å². The number of halogens is 2. The van der Waals surface area contributed by atoms with Gasteiger partial charge in [-0.2, -0.15) is 5.10 Å². The highest BCUT2D eigenvalue weighted by Crippen LogP contribution is 2.30. The van der Waals surface area contributed by atoms with Gasteiger partial charge in [0.25, 0.3) is 5.91 Å². The van der Waals surface area contributed by atoms with Crippen molar-refractivity contribution in [1.29, 1.82) is 0 Å². The molecule has 5 nitrogen and oxygen atoms in total. The Morgan fingerprint density at radius 1 is 0.968 bits per heavy atom. The zero-order valence-electron chi connectivity index (χ0n) is 16.7. The molecule has 0 fully saturated rings. The number of nitrogens with zero attached hydrogens (tertiary/aromatic N) is 1. The van der Waals surface area contributed by atoms with Crippen molar-refractivity contribution in [3.05, 3.63) is 82.0 Å². The first-order valence-corrected chi connectivity index (χ1v) is 10.8. The predicted octanol–water partition coefficient (Wildman–Crippen LogP) is 6.00. The van der Waals surface area contributed by atoms with E-state index in [0.29, 0.717) is 16.6 Å². The zero-order chi connectivity index (χ0) is 21.8. The number of aromatic hydroxyl groups is 1. The normalized spacial score (nSPS) is 11.0. The number of carbonyl (C=O) groups is 1. The Morgan fingerprint density at radius 2 is 1.74 bits per heavy atom. The summed E-state index contributed by atoms with van der Waals surface area (Å²) in [5.41, 5.74) is 4.21. The molecule has 1 heterocycles. The second kappa shape index (κ2) is 9.41. The number of benzene rings is 3. The number of phenolic OH excluding ortho intramolecular Hbond substituents is 1. The maximum absolute atomic E-state index is 12.1. The third kappa shape index (κ3) is 5.01. The molecule has 158 valence electrons. The summed E-state index contributed by atoms with van der Waals surface area (Å²) in [5.74, 6) is -0.278. The van der Waals surface area contributed by atoms with E-state index in [1.165, 1.54) is 6.07 Å². The molecule has 0 saturated heterocycles. The number of aromatic amines is 1. The molecule has 3 N–H and O–H groups in total. The SMILES string of the molecule is O=C(NCCCCc1n[nH]c2cc(-c3cc(Cl)cc(Cl)c3)ccc12)c1ccccc1O. The van der Waals surface area contributed by atoms with Crippen LogP contribution in [0.5, 0.6) is 5.75 Å². The van der Waals surface area contributed by atoms with Crippen LogP contribution in [0.25, 0.3) is 22.0 Å². The molecular weight excluding hydrogens is 433 g/mol. The highest BCUT2D eigenvalue weighted by atomic mass is 35.5. The second-order valence-electron chi connectivity index (χ2n) is 7.32. The number of hydrogen-bond donors (Lipinski definition) is 3. The van der Waals surface area contributed by atoms with Crippen LogP contribution >= 0.6 is 23.2 Å². The fourth-order valence-corrected chi connectivity index (χ4v) is 4.07. The first-order valence-electron chi connectivity index (χ1n) is 10.0. The first-order chi connectivity index (χ1) is 15.0. The third-order valence-electron chi connectivity index (χ3n) is 5.11. The van der Waals surface area contributed by atoms with Gasteiger partial charge >= 0.3 is 0 Å². The van der Waals surface area contributed by atoms with E-state index in [2.05, 4.69) is 21.6 Å². The Balaban J connectivity index is 1.34. The minimum atomic E-state index is -0.267. The zero-order valence-corrected chi connectivity index (χ0v) is 18.2. The number of hydrogen-bond acceptors (Lipinski definition) is 3. The summed E-state index contributed by atoms with van der Waals surface area (Å²) in [4.78, 5) is 12.1. The lowest BCUT2D eigenvalue weighted by Gasteiger charge is -2.06. The van der Waals surface area contributed by atoms with Crippen LogP contribution in [-0.4, -0.2) is 27.8 Å². The van der Waals surface area contributed by atoms with Gasteiger partial charge in [-0.05, 0) is 66.8 Å². The van der Waals surface area contributed by atoms with Gasteiger partial charge in [0.2, 0.25) is 0 Å². The summed E-state index contributed by atoms with van der Waals surface area (Å²) in [5, 5.41) is 22.4. The lowest BCUT2D eigenvalue weighted by molar-refractivity contribution is 0.0950. The number of para-hydroxylation sites is 1. The van der Waals surface area contributed by atoms with Crippen LogP contribution in [0.1, 0.15) is 28.9 Å². The van der Waals surface area contributed by atoms with Crippen molar-refractivity contribution in [2.45, 2.75) is 19.3 Å². The molecule has 0 bridgehead atoms. The van der Waals surface area contributed by atoms with Crippen LogP contribution < -0.4 is 5.32 Å². The number of nitrogens with one attached hydrogen (secondary N) is 2. The highest BCUT2D eigenvalue weighted by Gasteiger charge is 2.10. The molecule has 7 heteroatoms. The van der Waals surface area contributed by atoms with Crippen molar-refractivity contribution in [2.24, 2.45) is 0 Å². The molecule has 1 aromatic heterocycles. The van der Waals surface area contributed by atoms with Crippen molar-refractivity contribution < 1.29 is 9.90 Å². The van der Waals surface area contributed by atoms with Crippen molar-refractivity contribution in [1.82, 2.24) is 15.5 Å². The van der Waals surface area contributed by atoms with Crippen LogP contribution in [-0.2, 0) is 6.42 Å². The average Bonchev–Trinajstić information content (AvgIpc) is 3.15. The second-order valence-corrected chi connectivity index (χ2v) is 8.19. The maximum atomic E-state index is 12.1. The summed E-state index contributed by atoms with van der Waals surface area (Å²) < 4.78 is 0. The predicted molar refractivity (Wildman–Crippen MR) is 125 cm³/mol. The summed E-state index contributed by atoms with van der Waals surface area (Å²) in [6.07, 6.45) is 2.49. The molecule has 3 aromatic carbocycles. The molecule has 0 saturated carbocycles. The molecular formula is C24H21Cl2N3O2. The highest BCUT2D eigenvalue weighted by molar-refractivity contribution is 6.35. The van der Waals surface area contributed by atoms with Crippen LogP contribution in [0.2, 0.25) is 10.0 Å². The molecule has 0 aliphatic heterocycles. The number of unbranched alkanes of at least 4 members (excludes halogenated alkanes) is 1. The number of amides is 1. The van der Waals surface area contributed by atoms with E-state index in [0.717, 1.165) is 47.0 Å². The van der Waals surface area contributed by atoms with Gasteiger partial charge < -0.3 is 10.4 Å². The van der Waals surface area contributed by atoms with Crippen LogP contribution in [0.15, 0.2) is 60.7 Å². The number of carbonyl (C=O) groups excluding carboxylic acids is 1. The van der Waals surface area contributed by atoms with Crippen molar-refractivity contribution in [2.75, 3.05) is 6.54 Å². The standard InChI is InChI=1S/C24H21Cl2N3O2/c25-17-11-16(12-18(26)14-17)15-8-9-19-21(28-29-22(19)13-15)6-3-4-10-27-24(31)20-5-1-2-7-23(20)30/h1-2,5,7-9,11-14,30H,3-4,6,10H2,(H,27,31)(H,28,29). The number of phenols is 1. The van der Waals surface area contributed by atoms with Crippen molar-refractivity contribution in [3.63, 3.8) is 0 Å². The van der Waals surface area contributed by atoms with E-state index < -0.39 is 0 Å². The Labute approximate surface area is 190 Å². The lowest BCUT2D eigenvalue weighted by atomic mass is 10.0. The van der Waals surface area contributed by atoms with E-state index >= 15 is 0 Å². The molecule has 0 spiro atoms. The number of aryl methyl sites for hydroxylation is 1. The van der Waals surface area contributed by atoms with Gasteiger partial charge in [-0.15, -0.1) is 0 Å². The average molecular weight is 454 g/mol. The minimum absolute atomic E-state index is 0.0117. The Kier molecular flexibility index (Phi) is 6.44. The van der Waals surface area contributed by atoms with Crippen LogP contribution in [0.3, 0.4) is 0 Å². The van der Waals surface area contributed by atoms with E-state index in [1.807, 2.05) is 24.3 Å². The summed E-state index contributed by atoms with van der Waals surface area (Å²) >= 11 is 12.2. The Morgan fingerprint density at radius 3 is 2.52 bits per heavy atom. The fraction of sp³-hybridized carbons (Fsp3) is 0.167. The fourth-order valence-electron chi connectivity index (χ4n) is 3.55. The minimum Gasteiger partial charge on any atom is -0.507 e. The smallest absolute Gasteiger partial charge is 0.255 e. The van der Waals surface area contributed by atoms with E-state index in [-0.39, 0.29) is 17.2 Å². The van der Waals surface area contributed by atoms with Gasteiger partial charge in [-0.1, -0.05) is 47.5 Å². The van der Waals surface area contributed by atoms with Gasteiger partial charge in [0.1, 0.15) is 5.75 Å². The summed E-state index contributed by atoms with van der Waals surface area (Å²) in [6.45, 7) is 0.537. The molecule has 4 aromatic rings. The molecule has 0 atom stereocenters. The van der Waals surface area contributed by atoms with Gasteiger partial charge in [0, 0.05) is 22.0 Å².